The van der Waals surface area contributed by atoms with Gasteiger partial charge in [0.15, 0.2) is 5.82 Å². The Morgan fingerprint density at radius 1 is 0.958 bits per heavy atom. The molecule has 0 amide bonds. The first-order chi connectivity index (χ1) is 11.7. The number of rotatable bonds is 5. The van der Waals surface area contributed by atoms with Gasteiger partial charge in [0.05, 0.1) is 5.54 Å². The molecule has 1 aliphatic rings. The third kappa shape index (κ3) is 2.85. The summed E-state index contributed by atoms with van der Waals surface area (Å²) in [5.41, 5.74) is 8.42. The number of aromatic nitrogens is 2. The van der Waals surface area contributed by atoms with Crippen molar-refractivity contribution in [2.24, 2.45) is 5.73 Å². The van der Waals surface area contributed by atoms with Crippen LogP contribution in [0.25, 0.3) is 0 Å². The van der Waals surface area contributed by atoms with Crippen molar-refractivity contribution in [1.29, 1.82) is 0 Å². The number of nitrogens with two attached hydrogens (primary N) is 1. The van der Waals surface area contributed by atoms with Crippen LogP contribution in [0.4, 0.5) is 0 Å². The Morgan fingerprint density at radius 2 is 1.54 bits per heavy atom. The van der Waals surface area contributed by atoms with Gasteiger partial charge in [0.1, 0.15) is 0 Å². The first-order valence-corrected chi connectivity index (χ1v) is 8.46. The van der Waals surface area contributed by atoms with Crippen molar-refractivity contribution in [2.45, 2.75) is 37.1 Å². The number of benzene rings is 2. The predicted octanol–water partition coefficient (Wildman–Crippen LogP) is 3.78. The molecule has 0 unspecified atom stereocenters. The molecular formula is C20H21N3O. The highest BCUT2D eigenvalue weighted by molar-refractivity contribution is 5.33. The molecule has 1 aliphatic carbocycles. The second-order valence-corrected chi connectivity index (χ2v) is 6.60. The number of hydrogen-bond acceptors (Lipinski definition) is 4. The Labute approximate surface area is 141 Å². The van der Waals surface area contributed by atoms with Crippen molar-refractivity contribution in [3.63, 3.8) is 0 Å². The zero-order valence-corrected chi connectivity index (χ0v) is 13.6. The van der Waals surface area contributed by atoms with Crippen LogP contribution >= 0.6 is 0 Å². The average molecular weight is 319 g/mol. The van der Waals surface area contributed by atoms with E-state index in [-0.39, 0.29) is 11.5 Å². The van der Waals surface area contributed by atoms with Crippen LogP contribution in [0.15, 0.2) is 65.2 Å². The van der Waals surface area contributed by atoms with Crippen LogP contribution in [0.2, 0.25) is 0 Å². The fraction of sp³-hybridized carbons (Fsp3) is 0.300. The Balaban J connectivity index is 1.63. The summed E-state index contributed by atoms with van der Waals surface area (Å²) < 4.78 is 5.52. The minimum Gasteiger partial charge on any atom is -0.339 e. The van der Waals surface area contributed by atoms with Gasteiger partial charge < -0.3 is 10.3 Å². The van der Waals surface area contributed by atoms with Crippen molar-refractivity contribution in [3.8, 4) is 0 Å². The van der Waals surface area contributed by atoms with Gasteiger partial charge in [-0.1, -0.05) is 65.8 Å². The molecule has 0 bridgehead atoms. The van der Waals surface area contributed by atoms with Gasteiger partial charge in [-0.15, -0.1) is 0 Å². The molecule has 1 saturated carbocycles. The predicted molar refractivity (Wildman–Crippen MR) is 92.4 cm³/mol. The zero-order valence-electron chi connectivity index (χ0n) is 13.6. The first-order valence-electron chi connectivity index (χ1n) is 8.46. The summed E-state index contributed by atoms with van der Waals surface area (Å²) in [5, 5.41) is 4.14. The van der Waals surface area contributed by atoms with E-state index in [1.807, 2.05) is 12.1 Å². The van der Waals surface area contributed by atoms with Gasteiger partial charge in [0.2, 0.25) is 5.89 Å². The van der Waals surface area contributed by atoms with E-state index in [9.17, 15) is 0 Å². The second-order valence-electron chi connectivity index (χ2n) is 6.60. The van der Waals surface area contributed by atoms with Crippen molar-refractivity contribution in [3.05, 3.63) is 83.5 Å². The maximum Gasteiger partial charge on any atom is 0.227 e. The molecule has 0 radical (unpaired) electrons. The zero-order chi connectivity index (χ0) is 16.4. The second kappa shape index (κ2) is 6.21. The third-order valence-corrected chi connectivity index (χ3v) is 4.94. The molecule has 0 atom stereocenters. The van der Waals surface area contributed by atoms with Gasteiger partial charge in [-0.05, 0) is 30.4 Å². The molecule has 2 aromatic carbocycles. The monoisotopic (exact) mass is 319 g/mol. The molecule has 3 aromatic rings. The van der Waals surface area contributed by atoms with Crippen LogP contribution < -0.4 is 5.73 Å². The van der Waals surface area contributed by atoms with Crippen molar-refractivity contribution >= 4 is 0 Å². The summed E-state index contributed by atoms with van der Waals surface area (Å²) in [4.78, 5) is 4.59. The van der Waals surface area contributed by atoms with E-state index in [1.54, 1.807) is 0 Å². The molecular weight excluding hydrogens is 298 g/mol. The molecule has 4 rings (SSSR count). The molecule has 2 N–H and O–H groups in total. The Kier molecular flexibility index (Phi) is 3.90. The van der Waals surface area contributed by atoms with Gasteiger partial charge >= 0.3 is 0 Å². The summed E-state index contributed by atoms with van der Waals surface area (Å²) >= 11 is 0. The molecule has 122 valence electrons. The van der Waals surface area contributed by atoms with Crippen molar-refractivity contribution in [2.75, 3.05) is 0 Å². The van der Waals surface area contributed by atoms with Gasteiger partial charge in [0, 0.05) is 12.3 Å². The molecule has 4 heteroatoms. The van der Waals surface area contributed by atoms with Gasteiger partial charge in [-0.3, -0.25) is 0 Å². The molecule has 1 fully saturated rings. The lowest BCUT2D eigenvalue weighted by atomic mass is 9.77. The molecule has 0 aliphatic heterocycles. The van der Waals surface area contributed by atoms with Gasteiger partial charge in [-0.2, -0.15) is 4.98 Å². The molecule has 0 spiro atoms. The van der Waals surface area contributed by atoms with Crippen LogP contribution in [-0.4, -0.2) is 10.1 Å². The van der Waals surface area contributed by atoms with E-state index in [4.69, 9.17) is 10.3 Å². The average Bonchev–Trinajstić information content (AvgIpc) is 3.08. The van der Waals surface area contributed by atoms with Crippen LogP contribution in [0.1, 0.15) is 48.0 Å². The van der Waals surface area contributed by atoms with Crippen LogP contribution in [0.3, 0.4) is 0 Å². The minimum absolute atomic E-state index is 0.191. The minimum atomic E-state index is -0.378. The molecule has 0 saturated heterocycles. The fourth-order valence-electron chi connectivity index (χ4n) is 3.29. The van der Waals surface area contributed by atoms with Crippen molar-refractivity contribution in [1.82, 2.24) is 10.1 Å². The summed E-state index contributed by atoms with van der Waals surface area (Å²) in [6, 6.07) is 20.9. The summed E-state index contributed by atoms with van der Waals surface area (Å²) in [6.07, 6.45) is 3.69. The number of hydrogen-bond donors (Lipinski definition) is 1. The van der Waals surface area contributed by atoms with E-state index in [0.29, 0.717) is 18.1 Å². The van der Waals surface area contributed by atoms with Crippen molar-refractivity contribution < 1.29 is 4.52 Å². The highest BCUT2D eigenvalue weighted by Gasteiger charge is 2.39. The highest BCUT2D eigenvalue weighted by Crippen LogP contribution is 2.37. The van der Waals surface area contributed by atoms with E-state index in [1.165, 1.54) is 11.1 Å². The quantitative estimate of drug-likeness (QED) is 0.777. The van der Waals surface area contributed by atoms with Crippen LogP contribution in [-0.2, 0) is 12.0 Å². The topological polar surface area (TPSA) is 64.9 Å². The third-order valence-electron chi connectivity index (χ3n) is 4.94. The Hall–Kier alpha value is -2.46. The smallest absolute Gasteiger partial charge is 0.227 e. The lowest BCUT2D eigenvalue weighted by molar-refractivity contribution is 0.229. The standard InChI is InChI=1S/C20H21N3O/c21-20(12-7-13-20)19-22-18(24-23-19)14-17(15-8-3-1-4-9-15)16-10-5-2-6-11-16/h1-6,8-11,17H,7,12-14,21H2. The largest absolute Gasteiger partial charge is 0.339 e. The Bertz CT molecular complexity index is 755. The molecule has 4 nitrogen and oxygen atoms in total. The van der Waals surface area contributed by atoms with E-state index >= 15 is 0 Å². The van der Waals surface area contributed by atoms with Gasteiger partial charge in [0.25, 0.3) is 0 Å². The van der Waals surface area contributed by atoms with E-state index in [2.05, 4.69) is 58.7 Å². The van der Waals surface area contributed by atoms with E-state index in [0.717, 1.165) is 19.3 Å². The molecule has 1 aromatic heterocycles. The summed E-state index contributed by atoms with van der Waals surface area (Å²) in [5.74, 6) is 1.50. The SMILES string of the molecule is NC1(c2noc(CC(c3ccccc3)c3ccccc3)n2)CCC1. The maximum atomic E-state index is 6.31. The van der Waals surface area contributed by atoms with Crippen LogP contribution in [0.5, 0.6) is 0 Å². The lowest BCUT2D eigenvalue weighted by Gasteiger charge is -2.34. The first kappa shape index (κ1) is 15.1. The molecule has 1 heterocycles. The normalized spacial score (nSPS) is 16.1. The summed E-state index contributed by atoms with van der Waals surface area (Å²) in [7, 11) is 0. The number of nitrogens with zero attached hydrogens (tertiary/aromatic N) is 2. The fourth-order valence-corrected chi connectivity index (χ4v) is 3.29. The Morgan fingerprint density at radius 3 is 2.04 bits per heavy atom. The maximum absolute atomic E-state index is 6.31. The van der Waals surface area contributed by atoms with Gasteiger partial charge in [-0.25, -0.2) is 0 Å². The highest BCUT2D eigenvalue weighted by atomic mass is 16.5. The lowest BCUT2D eigenvalue weighted by Crippen LogP contribution is -2.44. The van der Waals surface area contributed by atoms with Crippen LogP contribution in [0, 0.1) is 0 Å². The van der Waals surface area contributed by atoms with E-state index < -0.39 is 0 Å². The molecule has 24 heavy (non-hydrogen) atoms. The summed E-state index contributed by atoms with van der Waals surface area (Å²) in [6.45, 7) is 0.